The number of carbonyl (C=O) groups excluding carboxylic acids is 1. The molecule has 1 fully saturated rings. The Bertz CT molecular complexity index is 654. The summed E-state index contributed by atoms with van der Waals surface area (Å²) >= 11 is 1.61. The highest BCUT2D eigenvalue weighted by Crippen LogP contribution is 2.25. The van der Waals surface area contributed by atoms with Crippen LogP contribution in [0.4, 0.5) is 0 Å². The van der Waals surface area contributed by atoms with E-state index in [0.717, 1.165) is 47.8 Å². The standard InChI is InChI=1S/C16H19N3OS.2ClH/c1-11-10-21-15(18-11)12-3-2-4-13(9-12)16(20)19-7-5-14(17)6-8-19;;/h2-4,9-10,14H,5-8,17H2,1H3;2*1H. The number of aromatic nitrogens is 1. The predicted octanol–water partition coefficient (Wildman–Crippen LogP) is 3.53. The van der Waals surface area contributed by atoms with Crippen molar-refractivity contribution in [1.82, 2.24) is 9.88 Å². The fourth-order valence-corrected chi connectivity index (χ4v) is 3.35. The number of benzene rings is 1. The first-order valence-corrected chi connectivity index (χ1v) is 8.09. The van der Waals surface area contributed by atoms with E-state index in [4.69, 9.17) is 5.73 Å². The monoisotopic (exact) mass is 373 g/mol. The Morgan fingerprint density at radius 3 is 2.61 bits per heavy atom. The van der Waals surface area contributed by atoms with Crippen molar-refractivity contribution in [3.05, 3.63) is 40.9 Å². The van der Waals surface area contributed by atoms with Gasteiger partial charge in [-0.2, -0.15) is 0 Å². The molecule has 126 valence electrons. The Morgan fingerprint density at radius 1 is 1.30 bits per heavy atom. The van der Waals surface area contributed by atoms with Crippen LogP contribution in [0.3, 0.4) is 0 Å². The third-order valence-electron chi connectivity index (χ3n) is 3.80. The number of halogens is 2. The van der Waals surface area contributed by atoms with Gasteiger partial charge in [-0.3, -0.25) is 4.79 Å². The van der Waals surface area contributed by atoms with Crippen molar-refractivity contribution in [2.75, 3.05) is 13.1 Å². The number of nitrogens with two attached hydrogens (primary N) is 1. The van der Waals surface area contributed by atoms with Crippen molar-refractivity contribution in [2.24, 2.45) is 5.73 Å². The van der Waals surface area contributed by atoms with Gasteiger partial charge in [-0.25, -0.2) is 4.98 Å². The molecule has 1 aliphatic heterocycles. The number of amides is 1. The number of piperidine rings is 1. The molecule has 2 N–H and O–H groups in total. The zero-order valence-electron chi connectivity index (χ0n) is 12.9. The van der Waals surface area contributed by atoms with E-state index in [1.165, 1.54) is 0 Å². The lowest BCUT2D eigenvalue weighted by Crippen LogP contribution is -2.42. The van der Waals surface area contributed by atoms with E-state index in [0.29, 0.717) is 0 Å². The minimum Gasteiger partial charge on any atom is -0.339 e. The zero-order chi connectivity index (χ0) is 14.8. The third-order valence-corrected chi connectivity index (χ3v) is 4.81. The molecule has 1 saturated heterocycles. The number of likely N-dealkylation sites (tertiary alicyclic amines) is 1. The first-order valence-electron chi connectivity index (χ1n) is 7.21. The Balaban J connectivity index is 0.00000132. The van der Waals surface area contributed by atoms with Crippen molar-refractivity contribution < 1.29 is 4.79 Å². The number of carbonyl (C=O) groups is 1. The van der Waals surface area contributed by atoms with Gasteiger partial charge >= 0.3 is 0 Å². The van der Waals surface area contributed by atoms with Gasteiger partial charge in [0.25, 0.3) is 5.91 Å². The molecule has 0 unspecified atom stereocenters. The number of rotatable bonds is 2. The van der Waals surface area contributed by atoms with Crippen LogP contribution in [0.25, 0.3) is 10.6 Å². The molecule has 0 spiro atoms. The number of nitrogens with zero attached hydrogens (tertiary/aromatic N) is 2. The van der Waals surface area contributed by atoms with Crippen LogP contribution in [0.5, 0.6) is 0 Å². The van der Waals surface area contributed by atoms with Crippen LogP contribution in [0.1, 0.15) is 28.9 Å². The quantitative estimate of drug-likeness (QED) is 0.875. The molecule has 23 heavy (non-hydrogen) atoms. The highest BCUT2D eigenvalue weighted by molar-refractivity contribution is 7.13. The summed E-state index contributed by atoms with van der Waals surface area (Å²) in [5, 5.41) is 2.98. The summed E-state index contributed by atoms with van der Waals surface area (Å²) in [4.78, 5) is 18.9. The van der Waals surface area contributed by atoms with E-state index in [1.54, 1.807) is 11.3 Å². The summed E-state index contributed by atoms with van der Waals surface area (Å²) in [5.74, 6) is 0.0945. The topological polar surface area (TPSA) is 59.2 Å². The molecule has 1 aliphatic rings. The lowest BCUT2D eigenvalue weighted by Gasteiger charge is -2.30. The molecule has 0 aliphatic carbocycles. The van der Waals surface area contributed by atoms with Gasteiger partial charge in [-0.05, 0) is 31.9 Å². The van der Waals surface area contributed by atoms with Crippen LogP contribution in [0.2, 0.25) is 0 Å². The van der Waals surface area contributed by atoms with Gasteiger partial charge in [0, 0.05) is 41.3 Å². The zero-order valence-corrected chi connectivity index (χ0v) is 15.3. The molecule has 0 atom stereocenters. The highest BCUT2D eigenvalue weighted by atomic mass is 35.5. The molecule has 0 radical (unpaired) electrons. The van der Waals surface area contributed by atoms with Crippen LogP contribution >= 0.6 is 36.2 Å². The second kappa shape index (κ2) is 8.64. The molecule has 3 rings (SSSR count). The van der Waals surface area contributed by atoms with Crippen molar-refractivity contribution in [2.45, 2.75) is 25.8 Å². The van der Waals surface area contributed by atoms with Gasteiger partial charge in [-0.15, -0.1) is 36.2 Å². The maximum absolute atomic E-state index is 12.6. The molecule has 0 saturated carbocycles. The van der Waals surface area contributed by atoms with E-state index in [9.17, 15) is 4.79 Å². The first-order chi connectivity index (χ1) is 10.1. The Kier molecular flexibility index (Phi) is 7.48. The fourth-order valence-electron chi connectivity index (χ4n) is 2.56. The summed E-state index contributed by atoms with van der Waals surface area (Å²) in [5.41, 5.74) is 8.64. The second-order valence-corrected chi connectivity index (χ2v) is 6.36. The van der Waals surface area contributed by atoms with E-state index in [-0.39, 0.29) is 36.8 Å². The van der Waals surface area contributed by atoms with Crippen LogP contribution in [-0.4, -0.2) is 34.9 Å². The van der Waals surface area contributed by atoms with Gasteiger partial charge in [0.1, 0.15) is 5.01 Å². The first kappa shape index (κ1) is 19.9. The average Bonchev–Trinajstić information content (AvgIpc) is 2.94. The Morgan fingerprint density at radius 2 is 2.00 bits per heavy atom. The van der Waals surface area contributed by atoms with Crippen molar-refractivity contribution in [3.63, 3.8) is 0 Å². The molecule has 0 bridgehead atoms. The minimum atomic E-state index is 0. The van der Waals surface area contributed by atoms with Crippen molar-refractivity contribution in [3.8, 4) is 10.6 Å². The van der Waals surface area contributed by atoms with Gasteiger partial charge in [0.05, 0.1) is 0 Å². The third kappa shape index (κ3) is 4.67. The Labute approximate surface area is 152 Å². The van der Waals surface area contributed by atoms with Gasteiger partial charge < -0.3 is 10.6 Å². The molecule has 2 aromatic rings. The van der Waals surface area contributed by atoms with E-state index < -0.39 is 0 Å². The van der Waals surface area contributed by atoms with E-state index in [2.05, 4.69) is 4.98 Å². The molecule has 1 amide bonds. The summed E-state index contributed by atoms with van der Waals surface area (Å²) in [6, 6.07) is 7.98. The predicted molar refractivity (Wildman–Crippen MR) is 99.9 cm³/mol. The van der Waals surface area contributed by atoms with Crippen molar-refractivity contribution >= 4 is 42.1 Å². The van der Waals surface area contributed by atoms with Gasteiger partial charge in [0.2, 0.25) is 0 Å². The van der Waals surface area contributed by atoms with Crippen LogP contribution < -0.4 is 5.73 Å². The van der Waals surface area contributed by atoms with Gasteiger partial charge in [0.15, 0.2) is 0 Å². The highest BCUT2D eigenvalue weighted by Gasteiger charge is 2.21. The largest absolute Gasteiger partial charge is 0.339 e. The lowest BCUT2D eigenvalue weighted by atomic mass is 10.0. The molecule has 4 nitrogen and oxygen atoms in total. The fraction of sp³-hybridized carbons (Fsp3) is 0.375. The molecular weight excluding hydrogens is 353 g/mol. The number of hydrogen-bond acceptors (Lipinski definition) is 4. The smallest absolute Gasteiger partial charge is 0.253 e. The van der Waals surface area contributed by atoms with Crippen molar-refractivity contribution in [1.29, 1.82) is 0 Å². The van der Waals surface area contributed by atoms with E-state index in [1.807, 2.05) is 41.5 Å². The Hall–Kier alpha value is -1.14. The lowest BCUT2D eigenvalue weighted by molar-refractivity contribution is 0.0715. The molecule has 2 heterocycles. The van der Waals surface area contributed by atoms with E-state index >= 15 is 0 Å². The molecule has 1 aromatic carbocycles. The summed E-state index contributed by atoms with van der Waals surface area (Å²) in [6.45, 7) is 3.48. The molecule has 1 aromatic heterocycles. The molecule has 7 heteroatoms. The number of thiazole rings is 1. The minimum absolute atomic E-state index is 0. The second-order valence-electron chi connectivity index (χ2n) is 5.50. The number of aryl methyl sites for hydroxylation is 1. The van der Waals surface area contributed by atoms with Crippen LogP contribution in [0.15, 0.2) is 29.6 Å². The summed E-state index contributed by atoms with van der Waals surface area (Å²) < 4.78 is 0. The molecular formula is C16H21Cl2N3OS. The number of hydrogen-bond donors (Lipinski definition) is 1. The van der Waals surface area contributed by atoms with Gasteiger partial charge in [-0.1, -0.05) is 12.1 Å². The summed E-state index contributed by atoms with van der Waals surface area (Å²) in [7, 11) is 0. The SMILES string of the molecule is Cc1csc(-c2cccc(C(=O)N3CCC(N)CC3)c2)n1.Cl.Cl. The maximum Gasteiger partial charge on any atom is 0.253 e. The van der Waals surface area contributed by atoms with Crippen LogP contribution in [-0.2, 0) is 0 Å². The van der Waals surface area contributed by atoms with Crippen LogP contribution in [0, 0.1) is 6.92 Å². The maximum atomic E-state index is 12.6. The average molecular weight is 374 g/mol. The summed E-state index contributed by atoms with van der Waals surface area (Å²) in [6.07, 6.45) is 1.77. The normalized spacial score (nSPS) is 14.8.